The van der Waals surface area contributed by atoms with Gasteiger partial charge >= 0.3 is 0 Å². The Bertz CT molecular complexity index is 974. The third-order valence-electron chi connectivity index (χ3n) is 5.24. The number of carbonyl (C=O) groups excluding carboxylic acids is 1. The lowest BCUT2D eigenvalue weighted by atomic mass is 9.84. The van der Waals surface area contributed by atoms with E-state index in [4.69, 9.17) is 19.0 Å². The summed E-state index contributed by atoms with van der Waals surface area (Å²) in [6, 6.07) is 16.5. The Morgan fingerprint density at radius 2 is 1.97 bits per heavy atom. The van der Waals surface area contributed by atoms with E-state index >= 15 is 0 Å². The molecule has 29 heavy (non-hydrogen) atoms. The van der Waals surface area contributed by atoms with E-state index < -0.39 is 6.29 Å². The number of rotatable bonds is 4. The molecule has 2 aromatic carbocycles. The van der Waals surface area contributed by atoms with Gasteiger partial charge in [-0.1, -0.05) is 23.4 Å². The summed E-state index contributed by atoms with van der Waals surface area (Å²) in [5, 5.41) is 8.68. The molecule has 3 heterocycles. The highest BCUT2D eigenvalue weighted by atomic mass is 16.7. The maximum atomic E-state index is 12.4. The van der Waals surface area contributed by atoms with Gasteiger partial charge in [0.15, 0.2) is 12.4 Å². The van der Waals surface area contributed by atoms with Crippen molar-refractivity contribution in [2.75, 3.05) is 13.7 Å². The molecule has 2 saturated heterocycles. The Morgan fingerprint density at radius 1 is 1.17 bits per heavy atom. The molecule has 0 spiro atoms. The van der Waals surface area contributed by atoms with Crippen LogP contribution in [0.15, 0.2) is 64.9 Å². The Balaban J connectivity index is 1.44. The predicted molar refractivity (Wildman–Crippen MR) is 104 cm³/mol. The summed E-state index contributed by atoms with van der Waals surface area (Å²) in [7, 11) is 1.62. The molecular weight excluding hydrogens is 374 g/mol. The first kappa shape index (κ1) is 17.8. The number of carbonyl (C=O) groups is 1. The van der Waals surface area contributed by atoms with Gasteiger partial charge in [0.05, 0.1) is 25.3 Å². The normalized spacial score (nSPS) is 28.4. The quantitative estimate of drug-likeness (QED) is 0.802. The number of hydrazone groups is 1. The first-order valence-corrected chi connectivity index (χ1v) is 9.32. The van der Waals surface area contributed by atoms with Crippen molar-refractivity contribution in [2.45, 2.75) is 18.5 Å². The van der Waals surface area contributed by atoms with Crippen LogP contribution in [0.2, 0.25) is 0 Å². The zero-order valence-electron chi connectivity index (χ0n) is 15.6. The molecule has 2 unspecified atom stereocenters. The lowest BCUT2D eigenvalue weighted by Gasteiger charge is -2.30. The molecule has 0 aromatic heterocycles. The topological polar surface area (TPSA) is 90.7 Å². The number of methoxy groups -OCH3 is 1. The fraction of sp³-hybridized carbons (Fsp3) is 0.286. The second-order valence-corrected chi connectivity index (χ2v) is 6.94. The highest BCUT2D eigenvalue weighted by Crippen LogP contribution is 2.38. The van der Waals surface area contributed by atoms with Gasteiger partial charge in [0, 0.05) is 11.1 Å². The standard InChI is InChI=1S/C21H19N3O5/c1-26-14-9-7-12(8-10-14)17-16-18(21-27-11-15(28-21)19(16)29-24-17)22-23-20(25)13-5-3-2-4-6-13/h2-10,15-16,19,21H,11H2,1H3,(H,23,25)/b22-18-/t15?,16?,19-,21+/m0/s1. The fourth-order valence-electron chi connectivity index (χ4n) is 3.76. The van der Waals surface area contributed by atoms with Gasteiger partial charge in [-0.05, 0) is 36.4 Å². The summed E-state index contributed by atoms with van der Waals surface area (Å²) in [5.41, 5.74) is 5.29. The highest BCUT2D eigenvalue weighted by molar-refractivity contribution is 6.17. The molecule has 8 nitrogen and oxygen atoms in total. The molecule has 2 aromatic rings. The van der Waals surface area contributed by atoms with Crippen molar-refractivity contribution in [2.24, 2.45) is 16.2 Å². The number of nitrogens with one attached hydrogen (secondary N) is 1. The van der Waals surface area contributed by atoms with Crippen molar-refractivity contribution in [1.29, 1.82) is 0 Å². The monoisotopic (exact) mass is 393 g/mol. The Labute approximate surface area is 167 Å². The maximum Gasteiger partial charge on any atom is 0.271 e. The molecule has 4 atom stereocenters. The highest BCUT2D eigenvalue weighted by Gasteiger charge is 2.55. The van der Waals surface area contributed by atoms with Crippen LogP contribution in [0.4, 0.5) is 0 Å². The van der Waals surface area contributed by atoms with Gasteiger partial charge < -0.3 is 19.0 Å². The number of hydrogen-bond donors (Lipinski definition) is 1. The van der Waals surface area contributed by atoms with Crippen LogP contribution in [0.1, 0.15) is 15.9 Å². The van der Waals surface area contributed by atoms with Crippen LogP contribution in [-0.4, -0.2) is 49.5 Å². The average Bonchev–Trinajstić information content (AvgIpc) is 3.40. The zero-order valence-corrected chi connectivity index (χ0v) is 15.6. The number of benzene rings is 2. The van der Waals surface area contributed by atoms with Crippen LogP contribution in [0.5, 0.6) is 5.75 Å². The minimum absolute atomic E-state index is 0.228. The van der Waals surface area contributed by atoms with Gasteiger partial charge in [0.1, 0.15) is 17.6 Å². The van der Waals surface area contributed by atoms with Crippen molar-refractivity contribution in [3.8, 4) is 5.75 Å². The van der Waals surface area contributed by atoms with Crippen molar-refractivity contribution < 1.29 is 23.8 Å². The van der Waals surface area contributed by atoms with E-state index in [2.05, 4.69) is 15.7 Å². The number of hydrogen-bond acceptors (Lipinski definition) is 7. The third kappa shape index (κ3) is 3.16. The fourth-order valence-corrected chi connectivity index (χ4v) is 3.76. The number of fused-ring (bicyclic) bond motifs is 4. The number of amides is 1. The SMILES string of the molecule is COc1ccc(C2=NO[C@H]3C4CO[C@H](O4)/C(=N\NC(=O)c4ccccc4)C23)cc1. The number of nitrogens with zero attached hydrogens (tertiary/aromatic N) is 2. The molecule has 2 fully saturated rings. The first-order valence-electron chi connectivity index (χ1n) is 9.32. The summed E-state index contributed by atoms with van der Waals surface area (Å²) < 4.78 is 16.8. The van der Waals surface area contributed by atoms with Crippen molar-refractivity contribution in [1.82, 2.24) is 5.43 Å². The van der Waals surface area contributed by atoms with Gasteiger partial charge in [-0.3, -0.25) is 4.79 Å². The van der Waals surface area contributed by atoms with Gasteiger partial charge in [-0.25, -0.2) is 5.43 Å². The molecule has 148 valence electrons. The Hall–Kier alpha value is -3.23. The second-order valence-electron chi connectivity index (χ2n) is 6.94. The maximum absolute atomic E-state index is 12.4. The Kier molecular flexibility index (Phi) is 4.49. The molecule has 0 saturated carbocycles. The summed E-state index contributed by atoms with van der Waals surface area (Å²) in [6.45, 7) is 0.392. The molecule has 0 aliphatic carbocycles. The van der Waals surface area contributed by atoms with Crippen molar-refractivity contribution >= 4 is 17.3 Å². The summed E-state index contributed by atoms with van der Waals surface area (Å²) in [4.78, 5) is 18.1. The van der Waals surface area contributed by atoms with Gasteiger partial charge in [0.25, 0.3) is 5.91 Å². The number of oxime groups is 1. The van der Waals surface area contributed by atoms with E-state index in [-0.39, 0.29) is 24.0 Å². The van der Waals surface area contributed by atoms with E-state index in [0.717, 1.165) is 17.0 Å². The van der Waals surface area contributed by atoms with Gasteiger partial charge in [-0.2, -0.15) is 5.10 Å². The summed E-state index contributed by atoms with van der Waals surface area (Å²) in [5.74, 6) is 0.173. The van der Waals surface area contributed by atoms with Crippen LogP contribution in [0.25, 0.3) is 0 Å². The molecule has 1 N–H and O–H groups in total. The zero-order chi connectivity index (χ0) is 19.8. The minimum Gasteiger partial charge on any atom is -0.497 e. The lowest BCUT2D eigenvalue weighted by molar-refractivity contribution is -0.0812. The third-order valence-corrected chi connectivity index (χ3v) is 5.24. The molecule has 2 bridgehead atoms. The second kappa shape index (κ2) is 7.31. The number of ether oxygens (including phenoxy) is 3. The molecule has 3 aliphatic rings. The van der Waals surface area contributed by atoms with E-state index in [0.29, 0.717) is 17.9 Å². The predicted octanol–water partition coefficient (Wildman–Crippen LogP) is 1.96. The minimum atomic E-state index is -0.637. The van der Waals surface area contributed by atoms with E-state index in [1.807, 2.05) is 30.3 Å². The molecule has 0 radical (unpaired) electrons. The lowest BCUT2D eigenvalue weighted by Crippen LogP contribution is -2.49. The van der Waals surface area contributed by atoms with Crippen molar-refractivity contribution in [3.05, 3.63) is 65.7 Å². The smallest absolute Gasteiger partial charge is 0.271 e. The molecule has 5 rings (SSSR count). The van der Waals surface area contributed by atoms with Crippen LogP contribution in [-0.2, 0) is 14.3 Å². The average molecular weight is 393 g/mol. The molecular formula is C21H19N3O5. The van der Waals surface area contributed by atoms with Crippen LogP contribution < -0.4 is 10.2 Å². The van der Waals surface area contributed by atoms with Crippen LogP contribution in [0.3, 0.4) is 0 Å². The molecule has 1 amide bonds. The van der Waals surface area contributed by atoms with Crippen LogP contribution in [0, 0.1) is 5.92 Å². The van der Waals surface area contributed by atoms with Gasteiger partial charge in [0.2, 0.25) is 0 Å². The van der Waals surface area contributed by atoms with Crippen molar-refractivity contribution in [3.63, 3.8) is 0 Å². The summed E-state index contributed by atoms with van der Waals surface area (Å²) in [6.07, 6.45) is -1.21. The van der Waals surface area contributed by atoms with E-state index in [9.17, 15) is 4.79 Å². The summed E-state index contributed by atoms with van der Waals surface area (Å²) >= 11 is 0. The molecule has 8 heteroatoms. The van der Waals surface area contributed by atoms with Crippen LogP contribution >= 0.6 is 0 Å². The van der Waals surface area contributed by atoms with Gasteiger partial charge in [-0.15, -0.1) is 0 Å². The molecule has 3 aliphatic heterocycles. The first-order chi connectivity index (χ1) is 14.2. The largest absolute Gasteiger partial charge is 0.497 e. The Morgan fingerprint density at radius 3 is 2.72 bits per heavy atom. The van der Waals surface area contributed by atoms with E-state index in [1.165, 1.54) is 0 Å². The van der Waals surface area contributed by atoms with E-state index in [1.54, 1.807) is 31.4 Å².